The van der Waals surface area contributed by atoms with E-state index in [1.165, 1.54) is 0 Å². The summed E-state index contributed by atoms with van der Waals surface area (Å²) in [6.07, 6.45) is -2.12. The van der Waals surface area contributed by atoms with Gasteiger partial charge in [0.2, 0.25) is 0 Å². The van der Waals surface area contributed by atoms with Crippen molar-refractivity contribution in [1.29, 1.82) is 0 Å². The van der Waals surface area contributed by atoms with Gasteiger partial charge in [-0.1, -0.05) is 0 Å². The molecule has 1 heterocycles. The lowest BCUT2D eigenvalue weighted by Gasteiger charge is -2.08. The van der Waals surface area contributed by atoms with Gasteiger partial charge in [-0.25, -0.2) is 4.98 Å². The summed E-state index contributed by atoms with van der Waals surface area (Å²) >= 11 is 0. The largest absolute Gasteiger partial charge is 0.433 e. The van der Waals surface area contributed by atoms with E-state index in [-0.39, 0.29) is 0 Å². The SMILES string of the molecule is Cn1c(C(F)(F)F)cn[c]c1=O. The second kappa shape index (κ2) is 2.62. The van der Waals surface area contributed by atoms with Crippen molar-refractivity contribution in [3.63, 3.8) is 0 Å². The maximum absolute atomic E-state index is 12.0. The van der Waals surface area contributed by atoms with Crippen LogP contribution < -0.4 is 5.56 Å². The average molecular weight is 177 g/mol. The fourth-order valence-electron chi connectivity index (χ4n) is 0.683. The average Bonchev–Trinajstić information content (AvgIpc) is 1.92. The second-order valence-electron chi connectivity index (χ2n) is 2.12. The van der Waals surface area contributed by atoms with Crippen LogP contribution in [0.2, 0.25) is 0 Å². The van der Waals surface area contributed by atoms with Gasteiger partial charge in [0, 0.05) is 7.05 Å². The standard InChI is InChI=1S/C6H4F3N2O/c1-11-4(6(7,8)9)2-10-3-5(11)12/h2H,1H3. The molecule has 0 spiro atoms. The van der Waals surface area contributed by atoms with Crippen LogP contribution in [-0.4, -0.2) is 9.55 Å². The number of rotatable bonds is 0. The lowest BCUT2D eigenvalue weighted by molar-refractivity contribution is -0.144. The van der Waals surface area contributed by atoms with E-state index in [2.05, 4.69) is 4.98 Å². The van der Waals surface area contributed by atoms with Crippen molar-refractivity contribution in [2.24, 2.45) is 7.05 Å². The molecule has 3 nitrogen and oxygen atoms in total. The molecule has 0 fully saturated rings. The van der Waals surface area contributed by atoms with E-state index in [0.717, 1.165) is 7.05 Å². The summed E-state index contributed by atoms with van der Waals surface area (Å²) in [5.74, 6) is 0. The molecule has 0 saturated carbocycles. The third-order valence-electron chi connectivity index (χ3n) is 1.30. The van der Waals surface area contributed by atoms with Gasteiger partial charge in [-0.15, -0.1) is 0 Å². The first-order chi connectivity index (χ1) is 5.43. The van der Waals surface area contributed by atoms with Gasteiger partial charge in [0.1, 0.15) is 5.69 Å². The minimum Gasteiger partial charge on any atom is -0.304 e. The summed E-state index contributed by atoms with van der Waals surface area (Å²) in [5.41, 5.74) is -1.98. The van der Waals surface area contributed by atoms with E-state index in [1.54, 1.807) is 0 Å². The molecule has 0 N–H and O–H groups in total. The number of hydrogen-bond acceptors (Lipinski definition) is 2. The molecule has 0 unspecified atom stereocenters. The summed E-state index contributed by atoms with van der Waals surface area (Å²) < 4.78 is 36.5. The van der Waals surface area contributed by atoms with E-state index in [4.69, 9.17) is 0 Å². The number of alkyl halides is 3. The van der Waals surface area contributed by atoms with Crippen molar-refractivity contribution >= 4 is 0 Å². The zero-order chi connectivity index (χ0) is 9.35. The van der Waals surface area contributed by atoms with E-state index >= 15 is 0 Å². The summed E-state index contributed by atoms with van der Waals surface area (Å²) in [6, 6.07) is 0. The highest BCUT2D eigenvalue weighted by Crippen LogP contribution is 2.26. The van der Waals surface area contributed by atoms with Crippen molar-refractivity contribution in [2.75, 3.05) is 0 Å². The molecule has 12 heavy (non-hydrogen) atoms. The minimum atomic E-state index is -4.55. The van der Waals surface area contributed by atoms with Crippen molar-refractivity contribution < 1.29 is 13.2 Å². The first-order valence-electron chi connectivity index (χ1n) is 2.94. The summed E-state index contributed by atoms with van der Waals surface area (Å²) in [5, 5.41) is 0. The molecule has 1 radical (unpaired) electrons. The maximum atomic E-state index is 12.0. The summed E-state index contributed by atoms with van der Waals surface area (Å²) in [6.45, 7) is 0. The monoisotopic (exact) mass is 177 g/mol. The molecule has 0 atom stereocenters. The van der Waals surface area contributed by atoms with Gasteiger partial charge in [0.05, 0.1) is 6.20 Å². The Bertz CT molecular complexity index is 341. The topological polar surface area (TPSA) is 34.9 Å². The van der Waals surface area contributed by atoms with Crippen LogP contribution in [0.25, 0.3) is 0 Å². The Balaban J connectivity index is 3.36. The molecule has 0 aliphatic carbocycles. The van der Waals surface area contributed by atoms with E-state index < -0.39 is 17.4 Å². The molecule has 0 aromatic carbocycles. The Kier molecular flexibility index (Phi) is 1.91. The van der Waals surface area contributed by atoms with E-state index in [9.17, 15) is 18.0 Å². The van der Waals surface area contributed by atoms with Crippen LogP contribution in [-0.2, 0) is 13.2 Å². The molecule has 1 aromatic heterocycles. The molecule has 0 amide bonds. The molecule has 6 heteroatoms. The quantitative estimate of drug-likeness (QED) is 0.581. The predicted molar refractivity (Wildman–Crippen MR) is 33.3 cm³/mol. The lowest BCUT2D eigenvalue weighted by atomic mass is 10.4. The highest BCUT2D eigenvalue weighted by Gasteiger charge is 2.33. The second-order valence-corrected chi connectivity index (χ2v) is 2.12. The first kappa shape index (κ1) is 8.76. The van der Waals surface area contributed by atoms with E-state index in [0.29, 0.717) is 10.8 Å². The van der Waals surface area contributed by atoms with Gasteiger partial charge >= 0.3 is 6.18 Å². The predicted octanol–water partition coefficient (Wildman–Crippen LogP) is 0.599. The molecular weight excluding hydrogens is 173 g/mol. The number of nitrogens with zero attached hydrogens (tertiary/aromatic N) is 2. The van der Waals surface area contributed by atoms with E-state index in [1.807, 2.05) is 6.20 Å². The molecule has 1 rings (SSSR count). The molecular formula is C6H4F3N2O. The molecule has 1 aromatic rings. The Morgan fingerprint density at radius 2 is 2.17 bits per heavy atom. The Hall–Kier alpha value is -1.33. The van der Waals surface area contributed by atoms with Gasteiger partial charge in [0.25, 0.3) is 5.56 Å². The zero-order valence-corrected chi connectivity index (χ0v) is 6.01. The molecule has 0 aliphatic rings. The van der Waals surface area contributed by atoms with Crippen LogP contribution in [0.15, 0.2) is 11.0 Å². The van der Waals surface area contributed by atoms with Gasteiger partial charge in [-0.2, -0.15) is 13.2 Å². The smallest absolute Gasteiger partial charge is 0.304 e. The Morgan fingerprint density at radius 3 is 2.58 bits per heavy atom. The van der Waals surface area contributed by atoms with Crippen LogP contribution in [0.3, 0.4) is 0 Å². The van der Waals surface area contributed by atoms with Crippen molar-refractivity contribution in [2.45, 2.75) is 6.18 Å². The van der Waals surface area contributed by atoms with Crippen molar-refractivity contribution in [1.82, 2.24) is 9.55 Å². The number of halogens is 3. The van der Waals surface area contributed by atoms with Crippen LogP contribution >= 0.6 is 0 Å². The number of hydrogen-bond donors (Lipinski definition) is 0. The maximum Gasteiger partial charge on any atom is 0.433 e. The lowest BCUT2D eigenvalue weighted by Crippen LogP contribution is -2.25. The third kappa shape index (κ3) is 1.46. The third-order valence-corrected chi connectivity index (χ3v) is 1.30. The summed E-state index contributed by atoms with van der Waals surface area (Å²) in [7, 11) is 1.02. The van der Waals surface area contributed by atoms with Crippen LogP contribution in [0.5, 0.6) is 0 Å². The molecule has 0 saturated heterocycles. The fraction of sp³-hybridized carbons (Fsp3) is 0.333. The van der Waals surface area contributed by atoms with Crippen molar-refractivity contribution in [3.05, 3.63) is 28.4 Å². The number of aromatic nitrogens is 2. The fourth-order valence-corrected chi connectivity index (χ4v) is 0.683. The van der Waals surface area contributed by atoms with Crippen LogP contribution in [0, 0.1) is 6.20 Å². The zero-order valence-electron chi connectivity index (χ0n) is 6.01. The summed E-state index contributed by atoms with van der Waals surface area (Å²) in [4.78, 5) is 13.7. The molecule has 0 aliphatic heterocycles. The van der Waals surface area contributed by atoms with Crippen LogP contribution in [0.1, 0.15) is 5.69 Å². The first-order valence-corrected chi connectivity index (χ1v) is 2.94. The molecule has 0 bridgehead atoms. The van der Waals surface area contributed by atoms with Gasteiger partial charge in [-0.3, -0.25) is 4.79 Å². The highest BCUT2D eigenvalue weighted by atomic mass is 19.4. The highest BCUT2D eigenvalue weighted by molar-refractivity contribution is 5.01. The van der Waals surface area contributed by atoms with Gasteiger partial charge in [-0.05, 0) is 0 Å². The van der Waals surface area contributed by atoms with Gasteiger partial charge in [0.15, 0.2) is 6.20 Å². The van der Waals surface area contributed by atoms with Gasteiger partial charge < -0.3 is 4.57 Å². The Morgan fingerprint density at radius 1 is 1.58 bits per heavy atom. The minimum absolute atomic E-state index is 0.451. The van der Waals surface area contributed by atoms with Crippen LogP contribution in [0.4, 0.5) is 13.2 Å². The Labute approximate surface area is 65.5 Å². The molecule has 65 valence electrons. The van der Waals surface area contributed by atoms with Crippen molar-refractivity contribution in [3.8, 4) is 0 Å². The normalized spacial score (nSPS) is 11.7.